The summed E-state index contributed by atoms with van der Waals surface area (Å²) in [5.74, 6) is 0.984. The van der Waals surface area contributed by atoms with Crippen LogP contribution in [0.2, 0.25) is 0 Å². The molecule has 0 bridgehead atoms. The topological polar surface area (TPSA) is 21.3 Å². The van der Waals surface area contributed by atoms with Crippen LogP contribution < -0.4 is 10.1 Å². The Kier molecular flexibility index (Phi) is 3.30. The van der Waals surface area contributed by atoms with Crippen molar-refractivity contribution in [1.82, 2.24) is 5.32 Å². The summed E-state index contributed by atoms with van der Waals surface area (Å²) in [7, 11) is 1.75. The van der Waals surface area contributed by atoms with Crippen molar-refractivity contribution in [2.24, 2.45) is 5.41 Å². The van der Waals surface area contributed by atoms with E-state index in [1.165, 1.54) is 43.2 Å². The highest BCUT2D eigenvalue weighted by Crippen LogP contribution is 2.41. The average Bonchev–Trinajstić information content (AvgIpc) is 2.94. The van der Waals surface area contributed by atoms with Crippen LogP contribution in [-0.2, 0) is 6.42 Å². The molecule has 1 fully saturated rings. The highest BCUT2D eigenvalue weighted by Gasteiger charge is 2.36. The van der Waals surface area contributed by atoms with Gasteiger partial charge in [-0.1, -0.05) is 26.3 Å². The third-order valence-electron chi connectivity index (χ3n) is 5.09. The van der Waals surface area contributed by atoms with Crippen molar-refractivity contribution in [3.63, 3.8) is 0 Å². The Morgan fingerprint density at radius 3 is 2.79 bits per heavy atom. The molecule has 2 nitrogen and oxygen atoms in total. The van der Waals surface area contributed by atoms with E-state index in [-0.39, 0.29) is 0 Å². The van der Waals surface area contributed by atoms with Crippen molar-refractivity contribution in [3.8, 4) is 5.75 Å². The second kappa shape index (κ2) is 4.82. The molecule has 1 aromatic rings. The Morgan fingerprint density at radius 2 is 2.11 bits per heavy atom. The summed E-state index contributed by atoms with van der Waals surface area (Å²) in [6.07, 6.45) is 6.47. The molecule has 0 saturated heterocycles. The molecule has 2 heteroatoms. The number of hydrogen-bond acceptors (Lipinski definition) is 2. The van der Waals surface area contributed by atoms with Gasteiger partial charge < -0.3 is 10.1 Å². The van der Waals surface area contributed by atoms with Crippen molar-refractivity contribution in [2.75, 3.05) is 7.11 Å². The Labute approximate surface area is 116 Å². The van der Waals surface area contributed by atoms with Crippen molar-refractivity contribution in [2.45, 2.75) is 58.0 Å². The maximum absolute atomic E-state index is 5.37. The summed E-state index contributed by atoms with van der Waals surface area (Å²) in [4.78, 5) is 0. The highest BCUT2D eigenvalue weighted by atomic mass is 16.5. The van der Waals surface area contributed by atoms with Crippen LogP contribution in [0.3, 0.4) is 0 Å². The number of hydrogen-bond donors (Lipinski definition) is 1. The van der Waals surface area contributed by atoms with E-state index in [0.717, 1.165) is 5.75 Å². The molecule has 3 rings (SSSR count). The van der Waals surface area contributed by atoms with Crippen LogP contribution >= 0.6 is 0 Å². The fourth-order valence-electron chi connectivity index (χ4n) is 3.76. The quantitative estimate of drug-likeness (QED) is 0.890. The lowest BCUT2D eigenvalue weighted by atomic mass is 9.86. The van der Waals surface area contributed by atoms with Gasteiger partial charge in [-0.15, -0.1) is 0 Å². The van der Waals surface area contributed by atoms with Crippen LogP contribution in [0, 0.1) is 5.41 Å². The number of aryl methyl sites for hydroxylation is 1. The van der Waals surface area contributed by atoms with Crippen LogP contribution in [-0.4, -0.2) is 13.2 Å². The van der Waals surface area contributed by atoms with Crippen LogP contribution in [0.5, 0.6) is 5.75 Å². The number of nitrogens with one attached hydrogen (secondary N) is 1. The van der Waals surface area contributed by atoms with Gasteiger partial charge >= 0.3 is 0 Å². The minimum atomic E-state index is 0.446. The van der Waals surface area contributed by atoms with Gasteiger partial charge in [0.05, 0.1) is 7.11 Å². The standard InChI is InChI=1S/C17H25NO/c1-17(2)10-4-5-16(17)18-15-9-7-12-6-8-13(19-3)11-14(12)15/h6,8,11,15-16,18H,4-5,7,9-10H2,1-3H3. The molecule has 0 aromatic heterocycles. The van der Waals surface area contributed by atoms with Crippen LogP contribution in [0.1, 0.15) is 56.7 Å². The minimum Gasteiger partial charge on any atom is -0.497 e. The molecule has 2 aliphatic rings. The minimum absolute atomic E-state index is 0.446. The first kappa shape index (κ1) is 13.0. The molecule has 19 heavy (non-hydrogen) atoms. The first-order chi connectivity index (χ1) is 9.10. The molecule has 2 aliphatic carbocycles. The number of rotatable bonds is 3. The van der Waals surface area contributed by atoms with E-state index in [2.05, 4.69) is 37.4 Å². The maximum Gasteiger partial charge on any atom is 0.119 e. The van der Waals surface area contributed by atoms with E-state index in [1.807, 2.05) is 0 Å². The Morgan fingerprint density at radius 1 is 1.26 bits per heavy atom. The monoisotopic (exact) mass is 259 g/mol. The van der Waals surface area contributed by atoms with Gasteiger partial charge in [0.15, 0.2) is 0 Å². The van der Waals surface area contributed by atoms with Crippen LogP contribution in [0.15, 0.2) is 18.2 Å². The van der Waals surface area contributed by atoms with Gasteiger partial charge in [0.25, 0.3) is 0 Å². The molecular formula is C17H25NO. The Balaban J connectivity index is 1.78. The summed E-state index contributed by atoms with van der Waals surface area (Å²) in [5, 5.41) is 3.92. The summed E-state index contributed by atoms with van der Waals surface area (Å²) in [6, 6.07) is 7.72. The number of fused-ring (bicyclic) bond motifs is 1. The summed E-state index contributed by atoms with van der Waals surface area (Å²) >= 11 is 0. The molecule has 0 spiro atoms. The second-order valence-corrected chi connectivity index (χ2v) is 6.76. The van der Waals surface area contributed by atoms with E-state index in [9.17, 15) is 0 Å². The average molecular weight is 259 g/mol. The van der Waals surface area contributed by atoms with Gasteiger partial charge in [0, 0.05) is 12.1 Å². The molecule has 104 valence electrons. The predicted octanol–water partition coefficient (Wildman–Crippen LogP) is 3.85. The molecule has 0 amide bonds. The molecular weight excluding hydrogens is 234 g/mol. The first-order valence-electron chi connectivity index (χ1n) is 7.53. The number of benzene rings is 1. The Hall–Kier alpha value is -1.02. The van der Waals surface area contributed by atoms with Crippen molar-refractivity contribution >= 4 is 0 Å². The zero-order chi connectivity index (χ0) is 13.5. The highest BCUT2D eigenvalue weighted by molar-refractivity contribution is 5.40. The third-order valence-corrected chi connectivity index (χ3v) is 5.09. The normalized spacial score (nSPS) is 28.4. The lowest BCUT2D eigenvalue weighted by Gasteiger charge is -2.31. The fourth-order valence-corrected chi connectivity index (χ4v) is 3.76. The summed E-state index contributed by atoms with van der Waals surface area (Å²) < 4.78 is 5.37. The van der Waals surface area contributed by atoms with Gasteiger partial charge in [0.1, 0.15) is 5.75 Å². The molecule has 2 unspecified atom stereocenters. The van der Waals surface area contributed by atoms with E-state index in [0.29, 0.717) is 17.5 Å². The van der Waals surface area contributed by atoms with Crippen molar-refractivity contribution < 1.29 is 4.74 Å². The van der Waals surface area contributed by atoms with E-state index >= 15 is 0 Å². The fraction of sp³-hybridized carbons (Fsp3) is 0.647. The summed E-state index contributed by atoms with van der Waals surface area (Å²) in [5.41, 5.74) is 3.40. The SMILES string of the molecule is COc1ccc2c(c1)C(NC1CCCC1(C)C)CC2. The molecule has 0 radical (unpaired) electrons. The van der Waals surface area contributed by atoms with Crippen LogP contribution in [0.4, 0.5) is 0 Å². The molecule has 0 heterocycles. The first-order valence-corrected chi connectivity index (χ1v) is 7.53. The molecule has 1 saturated carbocycles. The lowest BCUT2D eigenvalue weighted by Crippen LogP contribution is -2.39. The van der Waals surface area contributed by atoms with E-state index in [4.69, 9.17) is 4.74 Å². The molecule has 2 atom stereocenters. The van der Waals surface area contributed by atoms with Gasteiger partial charge in [-0.3, -0.25) is 0 Å². The number of ether oxygens (including phenoxy) is 1. The van der Waals surface area contributed by atoms with E-state index in [1.54, 1.807) is 7.11 Å². The molecule has 0 aliphatic heterocycles. The predicted molar refractivity (Wildman–Crippen MR) is 78.6 cm³/mol. The zero-order valence-corrected chi connectivity index (χ0v) is 12.3. The maximum atomic E-state index is 5.37. The third kappa shape index (κ3) is 2.38. The molecule has 1 aromatic carbocycles. The summed E-state index contributed by atoms with van der Waals surface area (Å²) in [6.45, 7) is 4.80. The number of methoxy groups -OCH3 is 1. The van der Waals surface area contributed by atoms with Gasteiger partial charge in [-0.2, -0.15) is 0 Å². The smallest absolute Gasteiger partial charge is 0.119 e. The van der Waals surface area contributed by atoms with Crippen LogP contribution in [0.25, 0.3) is 0 Å². The molecule has 1 N–H and O–H groups in total. The van der Waals surface area contributed by atoms with Gasteiger partial charge in [-0.25, -0.2) is 0 Å². The van der Waals surface area contributed by atoms with Gasteiger partial charge in [-0.05, 0) is 54.4 Å². The largest absolute Gasteiger partial charge is 0.497 e. The lowest BCUT2D eigenvalue weighted by molar-refractivity contribution is 0.261. The van der Waals surface area contributed by atoms with E-state index < -0.39 is 0 Å². The van der Waals surface area contributed by atoms with Crippen molar-refractivity contribution in [1.29, 1.82) is 0 Å². The van der Waals surface area contributed by atoms with Gasteiger partial charge in [0.2, 0.25) is 0 Å². The Bertz CT molecular complexity index is 466. The second-order valence-electron chi connectivity index (χ2n) is 6.76. The van der Waals surface area contributed by atoms with Crippen molar-refractivity contribution in [3.05, 3.63) is 29.3 Å². The zero-order valence-electron chi connectivity index (χ0n) is 12.3.